The molecule has 1 amide bonds. The van der Waals surface area contributed by atoms with Crippen molar-refractivity contribution < 1.29 is 4.79 Å². The predicted octanol–water partition coefficient (Wildman–Crippen LogP) is 3.01. The molecule has 0 aliphatic rings. The van der Waals surface area contributed by atoms with Gasteiger partial charge in [-0.3, -0.25) is 10.1 Å². The van der Waals surface area contributed by atoms with Crippen molar-refractivity contribution in [3.63, 3.8) is 0 Å². The smallest absolute Gasteiger partial charge is 0.271 e. The summed E-state index contributed by atoms with van der Waals surface area (Å²) in [6.07, 6.45) is 0. The molecule has 22 heavy (non-hydrogen) atoms. The van der Waals surface area contributed by atoms with Crippen LogP contribution in [0.3, 0.4) is 0 Å². The lowest BCUT2D eigenvalue weighted by Gasteiger charge is -1.96. The molecule has 0 radical (unpaired) electrons. The normalized spacial score (nSPS) is 10.8. The summed E-state index contributed by atoms with van der Waals surface area (Å²) in [6.45, 7) is 3.73. The van der Waals surface area contributed by atoms with Gasteiger partial charge in [0.1, 0.15) is 4.88 Å². The zero-order valence-electron chi connectivity index (χ0n) is 11.6. The molecule has 7 nitrogen and oxygen atoms in total. The zero-order chi connectivity index (χ0) is 15.5. The summed E-state index contributed by atoms with van der Waals surface area (Å²) in [6, 6.07) is 0. The van der Waals surface area contributed by atoms with E-state index < -0.39 is 0 Å². The lowest BCUT2D eigenvalue weighted by molar-refractivity contribution is 0.102. The first-order chi connectivity index (χ1) is 10.6. The van der Waals surface area contributed by atoms with E-state index in [4.69, 9.17) is 0 Å². The first kappa shape index (κ1) is 15.5. The van der Waals surface area contributed by atoms with Gasteiger partial charge in [0.2, 0.25) is 5.13 Å². The first-order valence-electron chi connectivity index (χ1n) is 6.09. The van der Waals surface area contributed by atoms with Crippen LogP contribution in [0.25, 0.3) is 0 Å². The van der Waals surface area contributed by atoms with Gasteiger partial charge in [-0.15, -0.1) is 26.6 Å². The van der Waals surface area contributed by atoms with E-state index in [1.165, 1.54) is 11.3 Å². The lowest BCUT2D eigenvalue weighted by Crippen LogP contribution is -2.11. The Kier molecular flexibility index (Phi) is 4.76. The summed E-state index contributed by atoms with van der Waals surface area (Å²) in [5.74, 6) is 0.487. The number of hydrogen-bond acceptors (Lipinski definition) is 10. The van der Waals surface area contributed by atoms with Crippen LogP contribution in [0, 0.1) is 13.8 Å². The molecule has 3 aromatic rings. The molecule has 3 heterocycles. The molecule has 0 atom stereocenters. The third-order valence-electron chi connectivity index (χ3n) is 2.49. The summed E-state index contributed by atoms with van der Waals surface area (Å²) in [7, 11) is 0. The minimum Gasteiger partial charge on any atom is -0.296 e. The number of rotatable bonds is 5. The van der Waals surface area contributed by atoms with Gasteiger partial charge in [0.15, 0.2) is 4.34 Å². The molecule has 11 heteroatoms. The van der Waals surface area contributed by atoms with E-state index in [9.17, 15) is 4.79 Å². The van der Waals surface area contributed by atoms with E-state index in [1.54, 1.807) is 30.0 Å². The maximum absolute atomic E-state index is 12.0. The van der Waals surface area contributed by atoms with Crippen LogP contribution in [-0.4, -0.2) is 30.7 Å². The van der Waals surface area contributed by atoms with E-state index in [0.717, 1.165) is 32.3 Å². The molecule has 0 saturated heterocycles. The second-order valence-corrected chi connectivity index (χ2v) is 8.18. The molecule has 0 unspecified atom stereocenters. The Morgan fingerprint density at radius 2 is 2.18 bits per heavy atom. The first-order valence-corrected chi connectivity index (χ1v) is 9.55. The van der Waals surface area contributed by atoms with Gasteiger partial charge in [-0.1, -0.05) is 27.6 Å². The fourth-order valence-corrected chi connectivity index (χ4v) is 4.43. The molecular formula is C11H10N6OS4. The molecule has 1 N–H and O–H groups in total. The molecule has 3 aromatic heterocycles. The van der Waals surface area contributed by atoms with Gasteiger partial charge in [0.25, 0.3) is 5.91 Å². The minimum atomic E-state index is -0.254. The Balaban J connectivity index is 1.59. The van der Waals surface area contributed by atoms with Crippen molar-refractivity contribution in [3.05, 3.63) is 26.7 Å². The van der Waals surface area contributed by atoms with E-state index in [-0.39, 0.29) is 5.91 Å². The maximum atomic E-state index is 12.0. The molecule has 0 bridgehead atoms. The summed E-state index contributed by atoms with van der Waals surface area (Å²) in [5, 5.41) is 18.1. The van der Waals surface area contributed by atoms with Crippen molar-refractivity contribution in [1.82, 2.24) is 24.8 Å². The number of hydrogen-bond donors (Lipinski definition) is 1. The van der Waals surface area contributed by atoms with Crippen LogP contribution in [-0.2, 0) is 5.75 Å². The molecule has 0 fully saturated rings. The van der Waals surface area contributed by atoms with Crippen LogP contribution in [0.5, 0.6) is 0 Å². The van der Waals surface area contributed by atoms with E-state index in [2.05, 4.69) is 30.1 Å². The molecule has 0 spiro atoms. The van der Waals surface area contributed by atoms with Crippen molar-refractivity contribution in [1.29, 1.82) is 0 Å². The van der Waals surface area contributed by atoms with Crippen LogP contribution < -0.4 is 5.32 Å². The highest BCUT2D eigenvalue weighted by molar-refractivity contribution is 8.00. The van der Waals surface area contributed by atoms with Gasteiger partial charge in [-0.05, 0) is 25.4 Å². The van der Waals surface area contributed by atoms with E-state index >= 15 is 0 Å². The Morgan fingerprint density at radius 1 is 1.32 bits per heavy atom. The number of thioether (sulfide) groups is 1. The second-order valence-electron chi connectivity index (χ2n) is 4.16. The summed E-state index contributed by atoms with van der Waals surface area (Å²) in [4.78, 5) is 16.9. The van der Waals surface area contributed by atoms with E-state index in [1.807, 2.05) is 12.3 Å². The molecule has 114 valence electrons. The highest BCUT2D eigenvalue weighted by Crippen LogP contribution is 2.29. The number of aryl methyl sites for hydroxylation is 2. The fourth-order valence-electron chi connectivity index (χ4n) is 1.52. The number of anilines is 1. The predicted molar refractivity (Wildman–Crippen MR) is 88.9 cm³/mol. The van der Waals surface area contributed by atoms with Gasteiger partial charge in [0, 0.05) is 11.1 Å². The number of carbonyl (C=O) groups is 1. The summed E-state index contributed by atoms with van der Waals surface area (Å²) in [5.41, 5.74) is 1.64. The van der Waals surface area contributed by atoms with Gasteiger partial charge >= 0.3 is 0 Å². The van der Waals surface area contributed by atoms with Crippen LogP contribution in [0.2, 0.25) is 0 Å². The molecule has 3 rings (SSSR count). The average Bonchev–Trinajstić information content (AvgIpc) is 3.18. The Bertz CT molecular complexity index is 794. The SMILES string of the molecule is Cc1nc(CSc2nnc(NC(=O)c3snnc3C)s2)cs1. The number of nitrogens with one attached hydrogen (secondary N) is 1. The Morgan fingerprint density at radius 3 is 2.86 bits per heavy atom. The van der Waals surface area contributed by atoms with Crippen molar-refractivity contribution in [2.75, 3.05) is 5.32 Å². The summed E-state index contributed by atoms with van der Waals surface area (Å²) >= 11 is 5.58. The minimum absolute atomic E-state index is 0.254. The monoisotopic (exact) mass is 370 g/mol. The number of thiazole rings is 1. The molecule has 0 aliphatic carbocycles. The molecule has 0 saturated carbocycles. The Labute approximate surface area is 142 Å². The third kappa shape index (κ3) is 3.66. The second kappa shape index (κ2) is 6.77. The fraction of sp³-hybridized carbons (Fsp3) is 0.273. The lowest BCUT2D eigenvalue weighted by atomic mass is 10.4. The number of nitrogens with zero attached hydrogens (tertiary/aromatic N) is 5. The highest BCUT2D eigenvalue weighted by atomic mass is 32.2. The maximum Gasteiger partial charge on any atom is 0.271 e. The number of carbonyl (C=O) groups excluding carboxylic acids is 1. The van der Waals surface area contributed by atoms with Crippen LogP contribution in [0.4, 0.5) is 5.13 Å². The van der Waals surface area contributed by atoms with E-state index in [0.29, 0.717) is 15.7 Å². The standard InChI is InChI=1S/C11H10N6OS4/c1-5-8(22-17-14-5)9(18)13-10-15-16-11(21-10)20-4-7-3-19-6(2)12-7/h3H,4H2,1-2H3,(H,13,15,18). The molecule has 0 aromatic carbocycles. The van der Waals surface area contributed by atoms with Crippen LogP contribution in [0.1, 0.15) is 26.1 Å². The van der Waals surface area contributed by atoms with Gasteiger partial charge in [-0.25, -0.2) is 4.98 Å². The number of aromatic nitrogens is 5. The Hall–Kier alpha value is -1.43. The van der Waals surface area contributed by atoms with Gasteiger partial charge in [-0.2, -0.15) is 0 Å². The summed E-state index contributed by atoms with van der Waals surface area (Å²) < 4.78 is 4.53. The van der Waals surface area contributed by atoms with Gasteiger partial charge < -0.3 is 0 Å². The van der Waals surface area contributed by atoms with Crippen LogP contribution in [0.15, 0.2) is 9.72 Å². The van der Waals surface area contributed by atoms with Crippen molar-refractivity contribution >= 4 is 57.0 Å². The average molecular weight is 371 g/mol. The zero-order valence-corrected chi connectivity index (χ0v) is 14.8. The van der Waals surface area contributed by atoms with Gasteiger partial charge in [0.05, 0.1) is 16.4 Å². The third-order valence-corrected chi connectivity index (χ3v) is 6.15. The van der Waals surface area contributed by atoms with Crippen molar-refractivity contribution in [2.45, 2.75) is 23.9 Å². The van der Waals surface area contributed by atoms with Crippen molar-refractivity contribution in [3.8, 4) is 0 Å². The topological polar surface area (TPSA) is 93.6 Å². The van der Waals surface area contributed by atoms with Crippen molar-refractivity contribution in [2.24, 2.45) is 0 Å². The molecular weight excluding hydrogens is 360 g/mol. The molecule has 0 aliphatic heterocycles. The quantitative estimate of drug-likeness (QED) is 0.545. The largest absolute Gasteiger partial charge is 0.296 e. The number of amides is 1. The van der Waals surface area contributed by atoms with Crippen LogP contribution >= 0.6 is 46.0 Å². The highest BCUT2D eigenvalue weighted by Gasteiger charge is 2.15.